The second kappa shape index (κ2) is 8.34. The average molecular weight is 443 g/mol. The molecular formula is C18H17BrClNO3S. The minimum Gasteiger partial charge on any atom is -0.454 e. The van der Waals surface area contributed by atoms with Crippen LogP contribution in [0, 0.1) is 0 Å². The van der Waals surface area contributed by atoms with Crippen LogP contribution in [0.1, 0.15) is 24.1 Å². The molecule has 1 aliphatic rings. The van der Waals surface area contributed by atoms with Crippen LogP contribution in [0.2, 0.25) is 5.02 Å². The van der Waals surface area contributed by atoms with E-state index in [1.165, 1.54) is 0 Å². The summed E-state index contributed by atoms with van der Waals surface area (Å²) in [7, 11) is 0. The van der Waals surface area contributed by atoms with Gasteiger partial charge in [-0.3, -0.25) is 4.79 Å². The number of carbonyl (C=O) groups is 1. The minimum absolute atomic E-state index is 0.00400. The molecule has 1 heterocycles. The molecular weight excluding hydrogens is 426 g/mol. The van der Waals surface area contributed by atoms with Gasteiger partial charge in [0.15, 0.2) is 11.5 Å². The van der Waals surface area contributed by atoms with Gasteiger partial charge in [-0.2, -0.15) is 0 Å². The lowest BCUT2D eigenvalue weighted by molar-refractivity contribution is -0.119. The first-order chi connectivity index (χ1) is 12.0. The summed E-state index contributed by atoms with van der Waals surface area (Å²) in [5.41, 5.74) is 2.11. The first-order valence-electron chi connectivity index (χ1n) is 7.73. The number of halogens is 2. The van der Waals surface area contributed by atoms with Gasteiger partial charge in [-0.05, 0) is 42.3 Å². The van der Waals surface area contributed by atoms with Crippen LogP contribution >= 0.6 is 39.3 Å². The Morgan fingerprint density at radius 1 is 1.28 bits per heavy atom. The molecule has 25 heavy (non-hydrogen) atoms. The molecule has 0 saturated carbocycles. The molecule has 2 aromatic rings. The highest BCUT2D eigenvalue weighted by Gasteiger charge is 2.16. The number of fused-ring (bicyclic) bond motifs is 1. The smallest absolute Gasteiger partial charge is 0.231 e. The molecule has 0 radical (unpaired) electrons. The Kier molecular flexibility index (Phi) is 6.15. The molecule has 4 nitrogen and oxygen atoms in total. The van der Waals surface area contributed by atoms with E-state index in [2.05, 4.69) is 21.2 Å². The highest BCUT2D eigenvalue weighted by atomic mass is 79.9. The van der Waals surface area contributed by atoms with Crippen molar-refractivity contribution in [1.82, 2.24) is 5.32 Å². The summed E-state index contributed by atoms with van der Waals surface area (Å²) >= 11 is 11.0. The Bertz CT molecular complexity index is 770. The number of ether oxygens (including phenoxy) is 2. The van der Waals surface area contributed by atoms with Gasteiger partial charge in [-0.15, -0.1) is 11.8 Å². The summed E-state index contributed by atoms with van der Waals surface area (Å²) in [5.74, 6) is 2.60. The third-order valence-electron chi connectivity index (χ3n) is 3.78. The van der Waals surface area contributed by atoms with E-state index in [0.29, 0.717) is 16.5 Å². The zero-order chi connectivity index (χ0) is 17.8. The molecule has 0 fully saturated rings. The summed E-state index contributed by atoms with van der Waals surface area (Å²) in [4.78, 5) is 12.1. The van der Waals surface area contributed by atoms with Crippen molar-refractivity contribution in [3.05, 3.63) is 57.0 Å². The minimum atomic E-state index is -0.0531. The summed E-state index contributed by atoms with van der Waals surface area (Å²) in [6.45, 7) is 2.21. The fraction of sp³-hybridized carbons (Fsp3) is 0.278. The number of hydrogen-bond acceptors (Lipinski definition) is 4. The van der Waals surface area contributed by atoms with Crippen LogP contribution < -0.4 is 14.8 Å². The van der Waals surface area contributed by atoms with E-state index in [1.54, 1.807) is 11.8 Å². The van der Waals surface area contributed by atoms with E-state index >= 15 is 0 Å². The monoisotopic (exact) mass is 441 g/mol. The predicted octanol–water partition coefficient (Wildman–Crippen LogP) is 4.94. The standard InChI is InChI=1S/C18H17BrClNO3S/c1-11(12-2-4-14(20)5-3-12)21-18(22)9-25-8-13-6-16-17(7-15(13)19)24-10-23-16/h2-7,11H,8-10H2,1H3,(H,21,22). The Hall–Kier alpha value is -1.37. The molecule has 7 heteroatoms. The summed E-state index contributed by atoms with van der Waals surface area (Å²) in [6, 6.07) is 11.3. The predicted molar refractivity (Wildman–Crippen MR) is 104 cm³/mol. The highest BCUT2D eigenvalue weighted by Crippen LogP contribution is 2.38. The lowest BCUT2D eigenvalue weighted by Crippen LogP contribution is -2.28. The fourth-order valence-electron chi connectivity index (χ4n) is 2.44. The maximum atomic E-state index is 12.1. The summed E-state index contributed by atoms with van der Waals surface area (Å²) in [6.07, 6.45) is 0. The van der Waals surface area contributed by atoms with Crippen molar-refractivity contribution in [2.45, 2.75) is 18.7 Å². The van der Waals surface area contributed by atoms with E-state index in [0.717, 1.165) is 27.1 Å². The van der Waals surface area contributed by atoms with Gasteiger partial charge in [0.05, 0.1) is 11.8 Å². The van der Waals surface area contributed by atoms with Gasteiger partial charge in [0.1, 0.15) is 0 Å². The van der Waals surface area contributed by atoms with E-state index in [1.807, 2.05) is 43.3 Å². The number of benzene rings is 2. The summed E-state index contributed by atoms with van der Waals surface area (Å²) < 4.78 is 11.7. The third kappa shape index (κ3) is 4.84. The van der Waals surface area contributed by atoms with Crippen LogP contribution in [0.4, 0.5) is 0 Å². The first-order valence-corrected chi connectivity index (χ1v) is 10.1. The molecule has 0 spiro atoms. The molecule has 0 saturated heterocycles. The van der Waals surface area contributed by atoms with E-state index in [9.17, 15) is 4.79 Å². The SMILES string of the molecule is CC(NC(=O)CSCc1cc2c(cc1Br)OCO2)c1ccc(Cl)cc1. The summed E-state index contributed by atoms with van der Waals surface area (Å²) in [5, 5.41) is 3.69. The van der Waals surface area contributed by atoms with Crippen molar-refractivity contribution in [2.75, 3.05) is 12.5 Å². The normalized spacial score (nSPS) is 13.6. The zero-order valence-electron chi connectivity index (χ0n) is 13.6. The van der Waals surface area contributed by atoms with E-state index < -0.39 is 0 Å². The fourth-order valence-corrected chi connectivity index (χ4v) is 4.05. The van der Waals surface area contributed by atoms with Crippen molar-refractivity contribution in [2.24, 2.45) is 0 Å². The van der Waals surface area contributed by atoms with E-state index in [4.69, 9.17) is 21.1 Å². The van der Waals surface area contributed by atoms with Gasteiger partial charge in [0, 0.05) is 15.2 Å². The van der Waals surface area contributed by atoms with Crippen molar-refractivity contribution in [1.29, 1.82) is 0 Å². The lowest BCUT2D eigenvalue weighted by atomic mass is 10.1. The Morgan fingerprint density at radius 2 is 1.96 bits per heavy atom. The first kappa shape index (κ1) is 18.4. The third-order valence-corrected chi connectivity index (χ3v) is 5.75. The van der Waals surface area contributed by atoms with Crippen molar-refractivity contribution in [3.63, 3.8) is 0 Å². The van der Waals surface area contributed by atoms with Gasteiger partial charge >= 0.3 is 0 Å². The molecule has 1 unspecified atom stereocenters. The highest BCUT2D eigenvalue weighted by molar-refractivity contribution is 9.10. The number of amides is 1. The van der Waals surface area contributed by atoms with Gasteiger partial charge < -0.3 is 14.8 Å². The van der Waals surface area contributed by atoms with Gasteiger partial charge in [-0.25, -0.2) is 0 Å². The van der Waals surface area contributed by atoms with Crippen molar-refractivity contribution in [3.8, 4) is 11.5 Å². The Labute approximate surface area is 164 Å². The number of rotatable bonds is 6. The molecule has 1 amide bonds. The topological polar surface area (TPSA) is 47.6 Å². The molecule has 0 bridgehead atoms. The van der Waals surface area contributed by atoms with Crippen molar-refractivity contribution >= 4 is 45.2 Å². The molecule has 1 atom stereocenters. The molecule has 1 aliphatic heterocycles. The van der Waals surface area contributed by atoms with Crippen LogP contribution in [0.25, 0.3) is 0 Å². The quantitative estimate of drug-likeness (QED) is 0.688. The van der Waals surface area contributed by atoms with Crippen LogP contribution in [-0.2, 0) is 10.5 Å². The zero-order valence-corrected chi connectivity index (χ0v) is 16.7. The van der Waals surface area contributed by atoms with Gasteiger partial charge in [0.2, 0.25) is 12.7 Å². The average Bonchev–Trinajstić information content (AvgIpc) is 3.02. The Balaban J connectivity index is 1.49. The van der Waals surface area contributed by atoms with Crippen LogP contribution in [0.3, 0.4) is 0 Å². The molecule has 3 rings (SSSR count). The number of nitrogens with one attached hydrogen (secondary N) is 1. The maximum Gasteiger partial charge on any atom is 0.231 e. The van der Waals surface area contributed by atoms with E-state index in [-0.39, 0.29) is 18.7 Å². The maximum absolute atomic E-state index is 12.1. The Morgan fingerprint density at radius 3 is 2.68 bits per heavy atom. The van der Waals surface area contributed by atoms with Crippen LogP contribution in [0.15, 0.2) is 40.9 Å². The number of carbonyl (C=O) groups excluding carboxylic acids is 1. The second-order valence-corrected chi connectivity index (χ2v) is 7.91. The second-order valence-electron chi connectivity index (χ2n) is 5.63. The number of thioether (sulfide) groups is 1. The number of hydrogen-bond donors (Lipinski definition) is 1. The van der Waals surface area contributed by atoms with Crippen LogP contribution in [0.5, 0.6) is 11.5 Å². The lowest BCUT2D eigenvalue weighted by Gasteiger charge is -2.14. The molecule has 1 N–H and O–H groups in total. The van der Waals surface area contributed by atoms with Crippen molar-refractivity contribution < 1.29 is 14.3 Å². The largest absolute Gasteiger partial charge is 0.454 e. The van der Waals surface area contributed by atoms with Gasteiger partial charge in [-0.1, -0.05) is 39.7 Å². The molecule has 132 valence electrons. The molecule has 0 aromatic heterocycles. The van der Waals surface area contributed by atoms with Crippen LogP contribution in [-0.4, -0.2) is 18.5 Å². The molecule has 2 aromatic carbocycles. The van der Waals surface area contributed by atoms with Gasteiger partial charge in [0.25, 0.3) is 0 Å². The molecule has 0 aliphatic carbocycles.